The molecule has 0 bridgehead atoms. The standard InChI is InChI=1S/C16H14BrN3O3/c1-10(21)18-13-3-2-4-14(9-13)20-16(23)15(22)19-12-7-5-11(17)6-8-12/h2-9H,1H3,(H,18,21)(H,19,22)(H,20,23). The van der Waals surface area contributed by atoms with Crippen LogP contribution in [-0.2, 0) is 14.4 Å². The molecule has 7 heteroatoms. The maximum atomic E-state index is 11.9. The zero-order valence-corrected chi connectivity index (χ0v) is 13.8. The second-order valence-electron chi connectivity index (χ2n) is 4.68. The molecule has 23 heavy (non-hydrogen) atoms. The van der Waals surface area contributed by atoms with E-state index in [-0.39, 0.29) is 5.91 Å². The number of carbonyl (C=O) groups is 3. The van der Waals surface area contributed by atoms with Crippen molar-refractivity contribution in [3.8, 4) is 0 Å². The number of carbonyl (C=O) groups excluding carboxylic acids is 3. The lowest BCUT2D eigenvalue weighted by molar-refractivity contribution is -0.132. The lowest BCUT2D eigenvalue weighted by Gasteiger charge is -2.08. The van der Waals surface area contributed by atoms with Gasteiger partial charge >= 0.3 is 11.8 Å². The first-order valence-electron chi connectivity index (χ1n) is 6.69. The average Bonchev–Trinajstić information content (AvgIpc) is 2.49. The molecule has 0 radical (unpaired) electrons. The van der Waals surface area contributed by atoms with E-state index in [4.69, 9.17) is 0 Å². The van der Waals surface area contributed by atoms with Gasteiger partial charge in [0.25, 0.3) is 0 Å². The predicted molar refractivity (Wildman–Crippen MR) is 92.1 cm³/mol. The van der Waals surface area contributed by atoms with Gasteiger partial charge in [-0.15, -0.1) is 0 Å². The molecule has 0 aliphatic carbocycles. The first kappa shape index (κ1) is 16.7. The van der Waals surface area contributed by atoms with Gasteiger partial charge in [-0.25, -0.2) is 0 Å². The summed E-state index contributed by atoms with van der Waals surface area (Å²) in [4.78, 5) is 34.8. The molecule has 0 saturated heterocycles. The van der Waals surface area contributed by atoms with Crippen molar-refractivity contribution >= 4 is 50.7 Å². The van der Waals surface area contributed by atoms with Crippen molar-refractivity contribution in [3.05, 3.63) is 53.0 Å². The summed E-state index contributed by atoms with van der Waals surface area (Å²) in [6, 6.07) is 13.4. The zero-order valence-electron chi connectivity index (χ0n) is 12.2. The second-order valence-corrected chi connectivity index (χ2v) is 5.59. The van der Waals surface area contributed by atoms with E-state index in [1.807, 2.05) is 0 Å². The topological polar surface area (TPSA) is 87.3 Å². The molecule has 6 nitrogen and oxygen atoms in total. The Hall–Kier alpha value is -2.67. The van der Waals surface area contributed by atoms with Crippen LogP contribution in [0, 0.1) is 0 Å². The fourth-order valence-corrected chi connectivity index (χ4v) is 2.05. The minimum atomic E-state index is -0.798. The van der Waals surface area contributed by atoms with Gasteiger partial charge in [0.15, 0.2) is 0 Å². The van der Waals surface area contributed by atoms with E-state index in [9.17, 15) is 14.4 Å². The molecule has 0 aromatic heterocycles. The summed E-state index contributed by atoms with van der Waals surface area (Å²) in [7, 11) is 0. The number of rotatable bonds is 3. The minimum absolute atomic E-state index is 0.221. The summed E-state index contributed by atoms with van der Waals surface area (Å²) >= 11 is 3.29. The first-order valence-corrected chi connectivity index (χ1v) is 7.49. The molecule has 3 amide bonds. The Labute approximate surface area is 141 Å². The van der Waals surface area contributed by atoms with Gasteiger partial charge in [0.2, 0.25) is 5.91 Å². The highest BCUT2D eigenvalue weighted by molar-refractivity contribution is 9.10. The normalized spacial score (nSPS) is 9.83. The van der Waals surface area contributed by atoms with Gasteiger partial charge in [0.1, 0.15) is 0 Å². The number of benzene rings is 2. The van der Waals surface area contributed by atoms with E-state index in [0.717, 1.165) is 4.47 Å². The van der Waals surface area contributed by atoms with Gasteiger partial charge in [0, 0.05) is 28.5 Å². The zero-order chi connectivity index (χ0) is 16.8. The molecule has 0 aliphatic rings. The van der Waals surface area contributed by atoms with E-state index in [2.05, 4.69) is 31.9 Å². The monoisotopic (exact) mass is 375 g/mol. The third-order valence-electron chi connectivity index (χ3n) is 2.75. The Balaban J connectivity index is 1.99. The second kappa shape index (κ2) is 7.55. The molecule has 2 aromatic rings. The van der Waals surface area contributed by atoms with Crippen LogP contribution >= 0.6 is 15.9 Å². The van der Waals surface area contributed by atoms with Crippen LogP contribution in [0.1, 0.15) is 6.92 Å². The number of nitrogens with one attached hydrogen (secondary N) is 3. The van der Waals surface area contributed by atoms with Gasteiger partial charge in [-0.1, -0.05) is 22.0 Å². The molecule has 118 valence electrons. The van der Waals surface area contributed by atoms with Crippen LogP contribution in [0.3, 0.4) is 0 Å². The molecular weight excluding hydrogens is 362 g/mol. The Morgan fingerprint density at radius 3 is 1.87 bits per heavy atom. The number of hydrogen-bond donors (Lipinski definition) is 3. The van der Waals surface area contributed by atoms with Crippen LogP contribution in [0.15, 0.2) is 53.0 Å². The largest absolute Gasteiger partial charge is 0.326 e. The fraction of sp³-hybridized carbons (Fsp3) is 0.0625. The quantitative estimate of drug-likeness (QED) is 0.720. The van der Waals surface area contributed by atoms with Crippen LogP contribution in [-0.4, -0.2) is 17.7 Å². The summed E-state index contributed by atoms with van der Waals surface area (Å²) in [6.07, 6.45) is 0. The van der Waals surface area contributed by atoms with Crippen LogP contribution in [0.5, 0.6) is 0 Å². The minimum Gasteiger partial charge on any atom is -0.326 e. The van der Waals surface area contributed by atoms with Gasteiger partial charge in [-0.2, -0.15) is 0 Å². The Morgan fingerprint density at radius 1 is 0.783 bits per heavy atom. The molecule has 0 saturated carbocycles. The molecule has 0 aliphatic heterocycles. The number of halogens is 1. The number of amides is 3. The third-order valence-corrected chi connectivity index (χ3v) is 3.28. The smallest absolute Gasteiger partial charge is 0.314 e. The van der Waals surface area contributed by atoms with Gasteiger partial charge in [-0.05, 0) is 42.5 Å². The lowest BCUT2D eigenvalue weighted by atomic mass is 10.2. The maximum Gasteiger partial charge on any atom is 0.314 e. The van der Waals surface area contributed by atoms with Crippen molar-refractivity contribution in [2.24, 2.45) is 0 Å². The number of anilines is 3. The highest BCUT2D eigenvalue weighted by atomic mass is 79.9. The molecule has 0 unspecified atom stereocenters. The fourth-order valence-electron chi connectivity index (χ4n) is 1.79. The average molecular weight is 376 g/mol. The predicted octanol–water partition coefficient (Wildman–Crippen LogP) is 2.98. The first-order chi connectivity index (χ1) is 10.9. The molecule has 0 fully saturated rings. The van der Waals surface area contributed by atoms with Crippen LogP contribution in [0.2, 0.25) is 0 Å². The van der Waals surface area contributed by atoms with Crippen LogP contribution in [0.4, 0.5) is 17.1 Å². The van der Waals surface area contributed by atoms with Crippen LogP contribution < -0.4 is 16.0 Å². The molecule has 2 rings (SSSR count). The van der Waals surface area contributed by atoms with E-state index >= 15 is 0 Å². The SMILES string of the molecule is CC(=O)Nc1cccc(NC(=O)C(=O)Nc2ccc(Br)cc2)c1. The van der Waals surface area contributed by atoms with Gasteiger partial charge in [0.05, 0.1) is 0 Å². The molecule has 0 spiro atoms. The summed E-state index contributed by atoms with van der Waals surface area (Å²) in [6.45, 7) is 1.39. The van der Waals surface area contributed by atoms with Crippen molar-refractivity contribution in [2.45, 2.75) is 6.92 Å². The highest BCUT2D eigenvalue weighted by Gasteiger charge is 2.14. The van der Waals surface area contributed by atoms with E-state index in [1.165, 1.54) is 6.92 Å². The molecular formula is C16H14BrN3O3. The van der Waals surface area contributed by atoms with Crippen molar-refractivity contribution in [2.75, 3.05) is 16.0 Å². The Kier molecular flexibility index (Phi) is 5.48. The molecule has 3 N–H and O–H groups in total. The van der Waals surface area contributed by atoms with Crippen molar-refractivity contribution in [1.82, 2.24) is 0 Å². The van der Waals surface area contributed by atoms with E-state index < -0.39 is 11.8 Å². The maximum absolute atomic E-state index is 11.9. The van der Waals surface area contributed by atoms with E-state index in [1.54, 1.807) is 48.5 Å². The Bertz CT molecular complexity index is 744. The van der Waals surface area contributed by atoms with Crippen LogP contribution in [0.25, 0.3) is 0 Å². The van der Waals surface area contributed by atoms with Crippen molar-refractivity contribution < 1.29 is 14.4 Å². The third kappa shape index (κ3) is 5.23. The lowest BCUT2D eigenvalue weighted by Crippen LogP contribution is -2.29. The summed E-state index contributed by atoms with van der Waals surface area (Å²) in [5, 5.41) is 7.57. The summed E-state index contributed by atoms with van der Waals surface area (Å²) in [5.74, 6) is -1.80. The molecule has 0 heterocycles. The van der Waals surface area contributed by atoms with Crippen molar-refractivity contribution in [3.63, 3.8) is 0 Å². The Morgan fingerprint density at radius 2 is 1.30 bits per heavy atom. The molecule has 2 aromatic carbocycles. The summed E-state index contributed by atoms with van der Waals surface area (Å²) < 4.78 is 0.870. The highest BCUT2D eigenvalue weighted by Crippen LogP contribution is 2.16. The van der Waals surface area contributed by atoms with Gasteiger partial charge in [-0.3, -0.25) is 14.4 Å². The van der Waals surface area contributed by atoms with E-state index in [0.29, 0.717) is 17.1 Å². The van der Waals surface area contributed by atoms with Gasteiger partial charge < -0.3 is 16.0 Å². The number of hydrogen-bond acceptors (Lipinski definition) is 3. The summed E-state index contributed by atoms with van der Waals surface area (Å²) in [5.41, 5.74) is 1.45. The van der Waals surface area contributed by atoms with Crippen molar-refractivity contribution in [1.29, 1.82) is 0 Å². The molecule has 0 atom stereocenters.